The Morgan fingerprint density at radius 1 is 1.04 bits per heavy atom. The largest absolute Gasteiger partial charge is 0.463 e. The molecule has 8 heteroatoms. The Morgan fingerprint density at radius 3 is 2.25 bits per heavy atom. The summed E-state index contributed by atoms with van der Waals surface area (Å²) in [6.45, 7) is 2.15. The Balaban J connectivity index is 2.01. The van der Waals surface area contributed by atoms with Gasteiger partial charge in [-0.1, -0.05) is 45.4 Å². The van der Waals surface area contributed by atoms with E-state index in [4.69, 9.17) is 14.0 Å². The maximum absolute atomic E-state index is 11.7. The van der Waals surface area contributed by atoms with E-state index in [9.17, 15) is 13.2 Å². The van der Waals surface area contributed by atoms with Gasteiger partial charge >= 0.3 is 16.4 Å². The molecular weight excluding hydrogens is 336 g/mol. The number of carbonyl (C=O) groups is 1. The van der Waals surface area contributed by atoms with Crippen molar-refractivity contribution in [2.24, 2.45) is 0 Å². The number of rotatable bonds is 13. The van der Waals surface area contributed by atoms with E-state index >= 15 is 0 Å². The molecule has 142 valence electrons. The lowest BCUT2D eigenvalue weighted by Gasteiger charge is -2.13. The van der Waals surface area contributed by atoms with Crippen LogP contribution in [0.1, 0.15) is 71.1 Å². The van der Waals surface area contributed by atoms with Gasteiger partial charge in [-0.25, -0.2) is 4.18 Å². The fourth-order valence-corrected chi connectivity index (χ4v) is 3.00. The molecular formula is C16H30O7S. The first-order chi connectivity index (χ1) is 11.4. The molecule has 1 fully saturated rings. The van der Waals surface area contributed by atoms with Crippen molar-refractivity contribution < 1.29 is 31.4 Å². The fourth-order valence-electron chi connectivity index (χ4n) is 2.67. The topological polar surface area (TPSA) is 99.1 Å². The summed E-state index contributed by atoms with van der Waals surface area (Å²) in [4.78, 5) is 11.7. The van der Waals surface area contributed by atoms with E-state index in [-0.39, 0.29) is 25.3 Å². The molecule has 0 bridgehead atoms. The van der Waals surface area contributed by atoms with Crippen LogP contribution in [-0.4, -0.2) is 44.4 Å². The van der Waals surface area contributed by atoms with Crippen LogP contribution < -0.4 is 0 Å². The number of hydrogen-bond acceptors (Lipinski definition) is 6. The minimum Gasteiger partial charge on any atom is -0.463 e. The smallest absolute Gasteiger partial charge is 0.397 e. The summed E-state index contributed by atoms with van der Waals surface area (Å²) >= 11 is 0. The predicted octanol–water partition coefficient (Wildman–Crippen LogP) is 3.04. The van der Waals surface area contributed by atoms with Crippen molar-refractivity contribution in [1.29, 1.82) is 0 Å². The SMILES string of the molecule is CCCCCCCCCC(=O)OCC1CCC(COS(=O)(=O)O)O1. The molecule has 1 heterocycles. The van der Waals surface area contributed by atoms with Crippen LogP contribution in [-0.2, 0) is 28.9 Å². The number of hydrogen-bond donors (Lipinski definition) is 1. The van der Waals surface area contributed by atoms with E-state index in [0.29, 0.717) is 19.3 Å². The van der Waals surface area contributed by atoms with E-state index in [1.54, 1.807) is 0 Å². The Hall–Kier alpha value is -0.700. The predicted molar refractivity (Wildman–Crippen MR) is 89.0 cm³/mol. The van der Waals surface area contributed by atoms with Crippen LogP contribution in [0.3, 0.4) is 0 Å². The van der Waals surface area contributed by atoms with Crippen LogP contribution in [0.15, 0.2) is 0 Å². The lowest BCUT2D eigenvalue weighted by atomic mass is 10.1. The van der Waals surface area contributed by atoms with Gasteiger partial charge < -0.3 is 9.47 Å². The molecule has 0 saturated carbocycles. The van der Waals surface area contributed by atoms with Gasteiger partial charge in [0, 0.05) is 6.42 Å². The Morgan fingerprint density at radius 2 is 1.62 bits per heavy atom. The Labute approximate surface area is 145 Å². The third kappa shape index (κ3) is 11.0. The monoisotopic (exact) mass is 366 g/mol. The Bertz CT molecular complexity index is 449. The first-order valence-electron chi connectivity index (χ1n) is 8.83. The summed E-state index contributed by atoms with van der Waals surface area (Å²) in [5.74, 6) is -0.218. The van der Waals surface area contributed by atoms with Crippen molar-refractivity contribution in [2.75, 3.05) is 13.2 Å². The number of unbranched alkanes of at least 4 members (excludes halogenated alkanes) is 6. The summed E-state index contributed by atoms with van der Waals surface area (Å²) in [6.07, 6.45) is 9.13. The van der Waals surface area contributed by atoms with Gasteiger partial charge in [0.15, 0.2) is 0 Å². The van der Waals surface area contributed by atoms with E-state index in [0.717, 1.165) is 19.3 Å². The quantitative estimate of drug-likeness (QED) is 0.304. The van der Waals surface area contributed by atoms with E-state index in [1.807, 2.05) is 0 Å². The van der Waals surface area contributed by atoms with E-state index in [2.05, 4.69) is 11.1 Å². The molecule has 0 aromatic heterocycles. The second-order valence-electron chi connectivity index (χ2n) is 6.22. The molecule has 2 unspecified atom stereocenters. The summed E-state index contributed by atoms with van der Waals surface area (Å²) in [5, 5.41) is 0. The van der Waals surface area contributed by atoms with Gasteiger partial charge in [0.2, 0.25) is 0 Å². The molecule has 1 aliphatic rings. The molecule has 0 aromatic rings. The molecule has 0 aromatic carbocycles. The van der Waals surface area contributed by atoms with Gasteiger partial charge in [-0.3, -0.25) is 9.35 Å². The zero-order valence-corrected chi connectivity index (χ0v) is 15.3. The first kappa shape index (κ1) is 21.3. The molecule has 1 aliphatic heterocycles. The first-order valence-corrected chi connectivity index (χ1v) is 10.2. The van der Waals surface area contributed by atoms with Crippen molar-refractivity contribution in [3.05, 3.63) is 0 Å². The average molecular weight is 366 g/mol. The minimum absolute atomic E-state index is 0.178. The van der Waals surface area contributed by atoms with Crippen LogP contribution in [0, 0.1) is 0 Å². The molecule has 24 heavy (non-hydrogen) atoms. The molecule has 0 aliphatic carbocycles. The third-order valence-corrected chi connectivity index (χ3v) is 4.45. The summed E-state index contributed by atoms with van der Waals surface area (Å²) < 4.78 is 44.5. The number of carbonyl (C=O) groups excluding carboxylic acids is 1. The molecule has 0 radical (unpaired) electrons. The van der Waals surface area contributed by atoms with E-state index in [1.165, 1.54) is 25.7 Å². The van der Waals surface area contributed by atoms with Gasteiger partial charge in [-0.2, -0.15) is 8.42 Å². The molecule has 1 saturated heterocycles. The van der Waals surface area contributed by atoms with Crippen LogP contribution in [0.2, 0.25) is 0 Å². The van der Waals surface area contributed by atoms with Crippen molar-refractivity contribution in [1.82, 2.24) is 0 Å². The van der Waals surface area contributed by atoms with Gasteiger partial charge in [-0.15, -0.1) is 0 Å². The van der Waals surface area contributed by atoms with Crippen molar-refractivity contribution in [3.8, 4) is 0 Å². The van der Waals surface area contributed by atoms with Crippen molar-refractivity contribution in [2.45, 2.75) is 83.3 Å². The zero-order valence-electron chi connectivity index (χ0n) is 14.4. The zero-order chi connectivity index (χ0) is 17.8. The Kier molecular flexibility index (Phi) is 10.5. The van der Waals surface area contributed by atoms with Crippen LogP contribution >= 0.6 is 0 Å². The normalized spacial score (nSPS) is 21.1. The van der Waals surface area contributed by atoms with Gasteiger partial charge in [0.25, 0.3) is 0 Å². The van der Waals surface area contributed by atoms with Gasteiger partial charge in [0.05, 0.1) is 18.8 Å². The third-order valence-electron chi connectivity index (χ3n) is 4.01. The highest BCUT2D eigenvalue weighted by Crippen LogP contribution is 2.21. The van der Waals surface area contributed by atoms with Crippen LogP contribution in [0.5, 0.6) is 0 Å². The minimum atomic E-state index is -4.44. The number of ether oxygens (including phenoxy) is 2. The molecule has 7 nitrogen and oxygen atoms in total. The fraction of sp³-hybridized carbons (Fsp3) is 0.938. The second-order valence-corrected chi connectivity index (χ2v) is 7.32. The number of esters is 1. The molecule has 0 spiro atoms. The van der Waals surface area contributed by atoms with Crippen molar-refractivity contribution >= 4 is 16.4 Å². The maximum Gasteiger partial charge on any atom is 0.397 e. The van der Waals surface area contributed by atoms with Gasteiger partial charge in [0.1, 0.15) is 6.61 Å². The van der Waals surface area contributed by atoms with Crippen molar-refractivity contribution in [3.63, 3.8) is 0 Å². The lowest BCUT2D eigenvalue weighted by molar-refractivity contribution is -0.147. The molecule has 0 amide bonds. The van der Waals surface area contributed by atoms with Gasteiger partial charge in [-0.05, 0) is 19.3 Å². The average Bonchev–Trinajstić information content (AvgIpc) is 2.97. The summed E-state index contributed by atoms with van der Waals surface area (Å²) in [6, 6.07) is 0. The molecule has 1 N–H and O–H groups in total. The summed E-state index contributed by atoms with van der Waals surface area (Å²) in [5.41, 5.74) is 0. The maximum atomic E-state index is 11.7. The highest BCUT2D eigenvalue weighted by atomic mass is 32.3. The molecule has 2 atom stereocenters. The second kappa shape index (κ2) is 11.8. The van der Waals surface area contributed by atoms with Crippen LogP contribution in [0.4, 0.5) is 0 Å². The highest BCUT2D eigenvalue weighted by molar-refractivity contribution is 7.80. The van der Waals surface area contributed by atoms with Crippen LogP contribution in [0.25, 0.3) is 0 Å². The molecule has 1 rings (SSSR count). The van der Waals surface area contributed by atoms with E-state index < -0.39 is 16.5 Å². The standard InChI is InChI=1S/C16H30O7S/c1-2-3-4-5-6-7-8-9-16(17)21-12-14-10-11-15(23-14)13-22-24(18,19)20/h14-15H,2-13H2,1H3,(H,18,19,20). The lowest BCUT2D eigenvalue weighted by Crippen LogP contribution is -2.22. The highest BCUT2D eigenvalue weighted by Gasteiger charge is 2.27. The summed E-state index contributed by atoms with van der Waals surface area (Å²) in [7, 11) is -4.44.